The molecule has 1 aliphatic heterocycles. The zero-order valence-corrected chi connectivity index (χ0v) is 16.2. The number of carbonyl (C=O) groups is 1. The first-order valence-electron chi connectivity index (χ1n) is 10.4. The highest BCUT2D eigenvalue weighted by Gasteiger charge is 2.20. The first-order valence-corrected chi connectivity index (χ1v) is 10.4. The Morgan fingerprint density at radius 1 is 0.833 bits per heavy atom. The van der Waals surface area contributed by atoms with Gasteiger partial charge in [0.05, 0.1) is 6.61 Å². The third-order valence-corrected chi connectivity index (χ3v) is 4.98. The summed E-state index contributed by atoms with van der Waals surface area (Å²) in [5.74, 6) is 0.363. The van der Waals surface area contributed by atoms with E-state index >= 15 is 0 Å². The van der Waals surface area contributed by atoms with Crippen LogP contribution in [0.15, 0.2) is 0 Å². The summed E-state index contributed by atoms with van der Waals surface area (Å²) >= 11 is 0. The van der Waals surface area contributed by atoms with Crippen molar-refractivity contribution in [2.75, 3.05) is 45.9 Å². The van der Waals surface area contributed by atoms with Crippen molar-refractivity contribution >= 4 is 5.91 Å². The van der Waals surface area contributed by atoms with Gasteiger partial charge in [0.15, 0.2) is 0 Å². The van der Waals surface area contributed by atoms with Gasteiger partial charge in [0.1, 0.15) is 0 Å². The molecular formula is C20H40N2O2. The van der Waals surface area contributed by atoms with E-state index in [0.717, 1.165) is 58.8 Å². The van der Waals surface area contributed by atoms with Gasteiger partial charge in [-0.2, -0.15) is 0 Å². The van der Waals surface area contributed by atoms with Gasteiger partial charge in [-0.25, -0.2) is 0 Å². The number of carbonyl (C=O) groups excluding carboxylic acids is 1. The van der Waals surface area contributed by atoms with Gasteiger partial charge < -0.3 is 9.64 Å². The molecule has 1 fully saturated rings. The number of ether oxygens (including phenoxy) is 1. The van der Waals surface area contributed by atoms with Crippen LogP contribution < -0.4 is 0 Å². The van der Waals surface area contributed by atoms with Crippen molar-refractivity contribution in [2.24, 2.45) is 0 Å². The Kier molecular flexibility index (Phi) is 13.1. The maximum atomic E-state index is 12.3. The first-order chi connectivity index (χ1) is 11.8. The third-order valence-electron chi connectivity index (χ3n) is 4.98. The van der Waals surface area contributed by atoms with Crippen molar-refractivity contribution in [3.05, 3.63) is 0 Å². The van der Waals surface area contributed by atoms with Crippen molar-refractivity contribution in [3.63, 3.8) is 0 Å². The lowest BCUT2D eigenvalue weighted by atomic mass is 10.1. The van der Waals surface area contributed by atoms with E-state index in [1.807, 2.05) is 6.92 Å². The van der Waals surface area contributed by atoms with Crippen LogP contribution in [0.1, 0.15) is 78.1 Å². The predicted molar refractivity (Wildman–Crippen MR) is 101 cm³/mol. The van der Waals surface area contributed by atoms with Gasteiger partial charge >= 0.3 is 0 Å². The van der Waals surface area contributed by atoms with E-state index < -0.39 is 0 Å². The van der Waals surface area contributed by atoms with Gasteiger partial charge in [-0.15, -0.1) is 0 Å². The second-order valence-corrected chi connectivity index (χ2v) is 7.00. The van der Waals surface area contributed by atoms with Crippen LogP contribution in [0.5, 0.6) is 0 Å². The summed E-state index contributed by atoms with van der Waals surface area (Å²) in [5.41, 5.74) is 0. The SMILES string of the molecule is CCCCCCCCCCCC(=O)N1CCN(CCOCC)CC1. The average Bonchev–Trinajstić information content (AvgIpc) is 2.61. The van der Waals surface area contributed by atoms with Crippen LogP contribution >= 0.6 is 0 Å². The minimum Gasteiger partial charge on any atom is -0.380 e. The predicted octanol–water partition coefficient (Wildman–Crippen LogP) is 4.09. The van der Waals surface area contributed by atoms with Crippen LogP contribution in [0.3, 0.4) is 0 Å². The lowest BCUT2D eigenvalue weighted by Crippen LogP contribution is -2.49. The van der Waals surface area contributed by atoms with Crippen molar-refractivity contribution in [1.82, 2.24) is 9.80 Å². The molecule has 0 bridgehead atoms. The number of nitrogens with zero attached hydrogens (tertiary/aromatic N) is 2. The Hall–Kier alpha value is -0.610. The van der Waals surface area contributed by atoms with Gasteiger partial charge in [-0.05, 0) is 13.3 Å². The molecule has 0 spiro atoms. The van der Waals surface area contributed by atoms with E-state index in [1.54, 1.807) is 0 Å². The summed E-state index contributed by atoms with van der Waals surface area (Å²) in [4.78, 5) is 16.7. The maximum Gasteiger partial charge on any atom is 0.222 e. The second kappa shape index (κ2) is 14.7. The highest BCUT2D eigenvalue weighted by molar-refractivity contribution is 5.76. The summed E-state index contributed by atoms with van der Waals surface area (Å²) < 4.78 is 5.40. The standard InChI is InChI=1S/C20H40N2O2/c1-3-5-6-7-8-9-10-11-12-13-20(23)22-16-14-21(15-17-22)18-19-24-4-2/h3-19H2,1-2H3. The molecule has 24 heavy (non-hydrogen) atoms. The number of amides is 1. The topological polar surface area (TPSA) is 32.8 Å². The van der Waals surface area contributed by atoms with Gasteiger partial charge in [-0.3, -0.25) is 9.69 Å². The molecule has 0 unspecified atom stereocenters. The zero-order chi connectivity index (χ0) is 17.5. The Labute approximate surface area is 149 Å². The monoisotopic (exact) mass is 340 g/mol. The molecule has 0 saturated carbocycles. The fourth-order valence-electron chi connectivity index (χ4n) is 3.30. The molecule has 4 heteroatoms. The van der Waals surface area contributed by atoms with Crippen LogP contribution in [0.4, 0.5) is 0 Å². The molecule has 0 aliphatic carbocycles. The number of hydrogen-bond donors (Lipinski definition) is 0. The molecule has 1 aliphatic rings. The normalized spacial score (nSPS) is 15.8. The number of hydrogen-bond acceptors (Lipinski definition) is 3. The van der Waals surface area contributed by atoms with Crippen LogP contribution in [0.2, 0.25) is 0 Å². The lowest BCUT2D eigenvalue weighted by molar-refractivity contribution is -0.133. The Bertz CT molecular complexity index is 302. The Balaban J connectivity index is 1.95. The van der Waals surface area contributed by atoms with E-state index in [-0.39, 0.29) is 0 Å². The summed E-state index contributed by atoms with van der Waals surface area (Å²) in [6, 6.07) is 0. The molecule has 0 aromatic rings. The highest BCUT2D eigenvalue weighted by atomic mass is 16.5. The molecule has 1 amide bonds. The summed E-state index contributed by atoms with van der Waals surface area (Å²) in [6.07, 6.45) is 12.5. The summed E-state index contributed by atoms with van der Waals surface area (Å²) in [5, 5.41) is 0. The van der Waals surface area contributed by atoms with E-state index in [1.165, 1.54) is 51.4 Å². The smallest absolute Gasteiger partial charge is 0.222 e. The van der Waals surface area contributed by atoms with Gasteiger partial charge in [0.2, 0.25) is 5.91 Å². The van der Waals surface area contributed by atoms with Crippen molar-refractivity contribution in [3.8, 4) is 0 Å². The highest BCUT2D eigenvalue weighted by Crippen LogP contribution is 2.12. The molecule has 0 aromatic heterocycles. The largest absolute Gasteiger partial charge is 0.380 e. The summed E-state index contributed by atoms with van der Waals surface area (Å²) in [7, 11) is 0. The third kappa shape index (κ3) is 10.3. The minimum atomic E-state index is 0.363. The van der Waals surface area contributed by atoms with Gasteiger partial charge in [0.25, 0.3) is 0 Å². The number of piperazine rings is 1. The Morgan fingerprint density at radius 2 is 1.42 bits per heavy atom. The molecule has 0 radical (unpaired) electrons. The van der Waals surface area contributed by atoms with Crippen LogP contribution in [0.25, 0.3) is 0 Å². The summed E-state index contributed by atoms with van der Waals surface area (Å²) in [6.45, 7) is 10.7. The van der Waals surface area contributed by atoms with E-state index in [4.69, 9.17) is 4.74 Å². The van der Waals surface area contributed by atoms with Gasteiger partial charge in [-0.1, -0.05) is 58.3 Å². The fourth-order valence-corrected chi connectivity index (χ4v) is 3.30. The molecule has 4 nitrogen and oxygen atoms in total. The van der Waals surface area contributed by atoms with Crippen molar-refractivity contribution in [1.29, 1.82) is 0 Å². The van der Waals surface area contributed by atoms with Gasteiger partial charge in [0, 0.05) is 45.8 Å². The minimum absolute atomic E-state index is 0.363. The number of rotatable bonds is 14. The molecule has 142 valence electrons. The van der Waals surface area contributed by atoms with Crippen LogP contribution in [0, 0.1) is 0 Å². The molecule has 0 aromatic carbocycles. The van der Waals surface area contributed by atoms with Crippen molar-refractivity contribution in [2.45, 2.75) is 78.1 Å². The van der Waals surface area contributed by atoms with E-state index in [9.17, 15) is 4.79 Å². The molecule has 0 N–H and O–H groups in total. The Morgan fingerprint density at radius 3 is 2.00 bits per heavy atom. The second-order valence-electron chi connectivity index (χ2n) is 7.00. The molecule has 0 atom stereocenters. The first kappa shape index (κ1) is 21.4. The zero-order valence-electron chi connectivity index (χ0n) is 16.2. The van der Waals surface area contributed by atoms with Crippen molar-refractivity contribution < 1.29 is 9.53 Å². The fraction of sp³-hybridized carbons (Fsp3) is 0.950. The molecule has 1 rings (SSSR count). The quantitative estimate of drug-likeness (QED) is 0.447. The van der Waals surface area contributed by atoms with Crippen LogP contribution in [-0.2, 0) is 9.53 Å². The average molecular weight is 341 g/mol. The molecule has 1 saturated heterocycles. The number of unbranched alkanes of at least 4 members (excludes halogenated alkanes) is 8. The lowest BCUT2D eigenvalue weighted by Gasteiger charge is -2.34. The molecular weight excluding hydrogens is 300 g/mol. The van der Waals surface area contributed by atoms with E-state index in [2.05, 4.69) is 16.7 Å². The maximum absolute atomic E-state index is 12.3. The van der Waals surface area contributed by atoms with E-state index in [0.29, 0.717) is 5.91 Å². The van der Waals surface area contributed by atoms with Crippen LogP contribution in [-0.4, -0.2) is 61.6 Å². The molecule has 1 heterocycles.